The highest BCUT2D eigenvalue weighted by Gasteiger charge is 2.14. The van der Waals surface area contributed by atoms with Crippen LogP contribution in [0.2, 0.25) is 0 Å². The minimum absolute atomic E-state index is 0.537. The predicted molar refractivity (Wildman–Crippen MR) is 80.1 cm³/mol. The highest BCUT2D eigenvalue weighted by molar-refractivity contribution is 5.80. The Labute approximate surface area is 118 Å². The van der Waals surface area contributed by atoms with Gasteiger partial charge in [0.2, 0.25) is 0 Å². The van der Waals surface area contributed by atoms with Crippen LogP contribution in [0, 0.1) is 0 Å². The number of benzene rings is 1. The number of hydrogen-bond acceptors (Lipinski definition) is 3. The third-order valence-corrected chi connectivity index (χ3v) is 3.44. The molecule has 5 heteroatoms. The van der Waals surface area contributed by atoms with Gasteiger partial charge in [0, 0.05) is 26.3 Å². The first-order valence-electron chi connectivity index (χ1n) is 6.92. The largest absolute Gasteiger partial charge is 0.326 e. The van der Waals surface area contributed by atoms with Gasteiger partial charge in [-0.2, -0.15) is 5.10 Å². The Morgan fingerprint density at radius 1 is 1.25 bits per heavy atom. The van der Waals surface area contributed by atoms with Gasteiger partial charge in [-0.15, -0.1) is 0 Å². The summed E-state index contributed by atoms with van der Waals surface area (Å²) < 4.78 is 4.04. The number of rotatable bonds is 4. The number of aryl methyl sites for hydroxylation is 2. The van der Waals surface area contributed by atoms with E-state index in [0.717, 1.165) is 41.1 Å². The predicted octanol–water partition coefficient (Wildman–Crippen LogP) is 2.31. The summed E-state index contributed by atoms with van der Waals surface area (Å²) in [5.74, 6) is 0.927. The Kier molecular flexibility index (Phi) is 3.28. The van der Waals surface area contributed by atoms with Gasteiger partial charge in [-0.25, -0.2) is 4.98 Å². The third-order valence-electron chi connectivity index (χ3n) is 3.44. The van der Waals surface area contributed by atoms with Crippen molar-refractivity contribution in [2.45, 2.75) is 26.4 Å². The van der Waals surface area contributed by atoms with Crippen molar-refractivity contribution >= 4 is 11.0 Å². The average Bonchev–Trinajstić information content (AvgIpc) is 3.03. The molecule has 5 nitrogen and oxygen atoms in total. The summed E-state index contributed by atoms with van der Waals surface area (Å²) in [5, 5.41) is 4.47. The molecule has 2 heterocycles. The first-order valence-corrected chi connectivity index (χ1v) is 6.92. The number of nitrogens with zero attached hydrogens (tertiary/aromatic N) is 4. The van der Waals surface area contributed by atoms with Crippen LogP contribution in [0.3, 0.4) is 0 Å². The van der Waals surface area contributed by atoms with E-state index in [4.69, 9.17) is 10.7 Å². The number of fused-ring (bicyclic) bond motifs is 1. The molecule has 20 heavy (non-hydrogen) atoms. The number of aromatic nitrogens is 4. The van der Waals surface area contributed by atoms with Gasteiger partial charge in [0.05, 0.1) is 11.0 Å². The lowest BCUT2D eigenvalue weighted by Crippen LogP contribution is -2.01. The van der Waals surface area contributed by atoms with Crippen molar-refractivity contribution in [2.24, 2.45) is 12.8 Å². The van der Waals surface area contributed by atoms with Crippen molar-refractivity contribution < 1.29 is 0 Å². The molecule has 2 aromatic heterocycles. The van der Waals surface area contributed by atoms with Crippen molar-refractivity contribution in [1.29, 1.82) is 0 Å². The maximum absolute atomic E-state index is 5.71. The molecule has 0 saturated carbocycles. The standard InChI is InChI=1S/C15H19N5/c1-3-7-20-14-5-4-11(10-16)9-13(14)17-15(20)12-6-8-19(2)18-12/h4-6,8-9H,3,7,10,16H2,1-2H3. The molecule has 0 bridgehead atoms. The Bertz CT molecular complexity index is 738. The molecule has 0 amide bonds. The van der Waals surface area contributed by atoms with E-state index in [1.165, 1.54) is 0 Å². The molecule has 3 rings (SSSR count). The van der Waals surface area contributed by atoms with Crippen LogP contribution in [-0.2, 0) is 20.1 Å². The summed E-state index contributed by atoms with van der Waals surface area (Å²) in [4.78, 5) is 4.76. The fourth-order valence-corrected chi connectivity index (χ4v) is 2.48. The quantitative estimate of drug-likeness (QED) is 0.790. The molecular weight excluding hydrogens is 250 g/mol. The van der Waals surface area contributed by atoms with Crippen molar-refractivity contribution in [2.75, 3.05) is 0 Å². The smallest absolute Gasteiger partial charge is 0.161 e. The van der Waals surface area contributed by atoms with Crippen molar-refractivity contribution in [1.82, 2.24) is 19.3 Å². The van der Waals surface area contributed by atoms with Gasteiger partial charge in [-0.1, -0.05) is 13.0 Å². The van der Waals surface area contributed by atoms with Crippen molar-refractivity contribution in [3.63, 3.8) is 0 Å². The Morgan fingerprint density at radius 3 is 2.75 bits per heavy atom. The number of imidazole rings is 1. The van der Waals surface area contributed by atoms with Crippen LogP contribution in [0.1, 0.15) is 18.9 Å². The number of nitrogens with two attached hydrogens (primary N) is 1. The highest BCUT2D eigenvalue weighted by atomic mass is 15.3. The molecule has 2 N–H and O–H groups in total. The summed E-state index contributed by atoms with van der Waals surface area (Å²) in [5.41, 5.74) is 9.85. The van der Waals surface area contributed by atoms with Crippen LogP contribution >= 0.6 is 0 Å². The second-order valence-electron chi connectivity index (χ2n) is 4.99. The molecule has 0 aliphatic rings. The van der Waals surface area contributed by atoms with Crippen molar-refractivity contribution in [3.05, 3.63) is 36.0 Å². The Hall–Kier alpha value is -2.14. The molecule has 0 unspecified atom stereocenters. The SMILES string of the molecule is CCCn1c(-c2ccn(C)n2)nc2cc(CN)ccc21. The molecule has 0 spiro atoms. The Morgan fingerprint density at radius 2 is 2.10 bits per heavy atom. The molecule has 0 saturated heterocycles. The zero-order chi connectivity index (χ0) is 14.1. The van der Waals surface area contributed by atoms with Crippen LogP contribution in [0.5, 0.6) is 0 Å². The summed E-state index contributed by atoms with van der Waals surface area (Å²) in [6.45, 7) is 3.64. The molecule has 104 valence electrons. The zero-order valence-electron chi connectivity index (χ0n) is 11.9. The molecular formula is C15H19N5. The minimum Gasteiger partial charge on any atom is -0.326 e. The molecule has 0 aliphatic carbocycles. The lowest BCUT2D eigenvalue weighted by molar-refractivity contribution is 0.698. The molecule has 1 aromatic carbocycles. The number of hydrogen-bond donors (Lipinski definition) is 1. The molecule has 0 atom stereocenters. The maximum Gasteiger partial charge on any atom is 0.161 e. The van der Waals surface area contributed by atoms with Crippen LogP contribution in [0.15, 0.2) is 30.5 Å². The lowest BCUT2D eigenvalue weighted by Gasteiger charge is -2.06. The van der Waals surface area contributed by atoms with E-state index in [2.05, 4.69) is 34.8 Å². The molecule has 0 aliphatic heterocycles. The van der Waals surface area contributed by atoms with E-state index in [1.807, 2.05) is 19.3 Å². The van der Waals surface area contributed by atoms with Gasteiger partial charge in [-0.3, -0.25) is 4.68 Å². The normalized spacial score (nSPS) is 11.3. The van der Waals surface area contributed by atoms with E-state index in [1.54, 1.807) is 4.68 Å². The highest BCUT2D eigenvalue weighted by Crippen LogP contribution is 2.24. The lowest BCUT2D eigenvalue weighted by atomic mass is 10.2. The van der Waals surface area contributed by atoms with Crippen LogP contribution in [0.25, 0.3) is 22.6 Å². The summed E-state index contributed by atoms with van der Waals surface area (Å²) in [6.07, 6.45) is 3.00. The second-order valence-corrected chi connectivity index (χ2v) is 4.99. The van der Waals surface area contributed by atoms with E-state index < -0.39 is 0 Å². The monoisotopic (exact) mass is 269 g/mol. The van der Waals surface area contributed by atoms with E-state index in [-0.39, 0.29) is 0 Å². The first kappa shape index (κ1) is 12.9. The van der Waals surface area contributed by atoms with Crippen molar-refractivity contribution in [3.8, 4) is 11.5 Å². The van der Waals surface area contributed by atoms with Gasteiger partial charge in [0.1, 0.15) is 5.69 Å². The molecule has 3 aromatic rings. The molecule has 0 fully saturated rings. The van der Waals surface area contributed by atoms with Gasteiger partial charge in [-0.05, 0) is 30.2 Å². The fraction of sp³-hybridized carbons (Fsp3) is 0.333. The van der Waals surface area contributed by atoms with Gasteiger partial charge in [0.25, 0.3) is 0 Å². The maximum atomic E-state index is 5.71. The summed E-state index contributed by atoms with van der Waals surface area (Å²) in [6, 6.07) is 8.23. The summed E-state index contributed by atoms with van der Waals surface area (Å²) in [7, 11) is 1.92. The first-order chi connectivity index (χ1) is 9.72. The van der Waals surface area contributed by atoms with Crippen LogP contribution < -0.4 is 5.73 Å². The van der Waals surface area contributed by atoms with E-state index in [0.29, 0.717) is 6.54 Å². The van der Waals surface area contributed by atoms with Gasteiger partial charge < -0.3 is 10.3 Å². The minimum atomic E-state index is 0.537. The van der Waals surface area contributed by atoms with E-state index in [9.17, 15) is 0 Å². The van der Waals surface area contributed by atoms with Crippen LogP contribution in [0.4, 0.5) is 0 Å². The van der Waals surface area contributed by atoms with Crippen LogP contribution in [-0.4, -0.2) is 19.3 Å². The third kappa shape index (κ3) is 2.10. The topological polar surface area (TPSA) is 61.7 Å². The zero-order valence-corrected chi connectivity index (χ0v) is 11.9. The van der Waals surface area contributed by atoms with Gasteiger partial charge >= 0.3 is 0 Å². The fourth-order valence-electron chi connectivity index (χ4n) is 2.48. The second kappa shape index (κ2) is 5.09. The van der Waals surface area contributed by atoms with Gasteiger partial charge in [0.15, 0.2) is 5.82 Å². The average molecular weight is 269 g/mol. The summed E-state index contributed by atoms with van der Waals surface area (Å²) >= 11 is 0. The molecule has 0 radical (unpaired) electrons. The Balaban J connectivity index is 2.21. The van der Waals surface area contributed by atoms with E-state index >= 15 is 0 Å².